The Bertz CT molecular complexity index is 768. The Morgan fingerprint density at radius 3 is 2.56 bits per heavy atom. The minimum Gasteiger partial charge on any atom is -0.465 e. The van der Waals surface area contributed by atoms with E-state index in [9.17, 15) is 9.59 Å². The molecule has 0 amide bonds. The van der Waals surface area contributed by atoms with Crippen LogP contribution >= 0.6 is 0 Å². The number of hydrogen-bond donors (Lipinski definition) is 0. The highest BCUT2D eigenvalue weighted by molar-refractivity contribution is 5.70. The Morgan fingerprint density at radius 1 is 1.19 bits per heavy atom. The van der Waals surface area contributed by atoms with Crippen LogP contribution in [0.1, 0.15) is 46.3 Å². The zero-order valence-electron chi connectivity index (χ0n) is 16.7. The summed E-state index contributed by atoms with van der Waals surface area (Å²) in [5.74, 6) is 0.547. The summed E-state index contributed by atoms with van der Waals surface area (Å²) < 4.78 is 17.2. The first-order valence-electron chi connectivity index (χ1n) is 9.47. The molecule has 0 saturated carbocycles. The van der Waals surface area contributed by atoms with E-state index in [1.165, 1.54) is 19.4 Å². The maximum atomic E-state index is 11.5. The van der Waals surface area contributed by atoms with Crippen LogP contribution in [0.5, 0.6) is 5.75 Å². The Morgan fingerprint density at radius 2 is 1.89 bits per heavy atom. The van der Waals surface area contributed by atoms with E-state index in [0.717, 1.165) is 5.56 Å². The minimum atomic E-state index is -0.347. The molecule has 5 nitrogen and oxygen atoms in total. The quantitative estimate of drug-likeness (QED) is 0.453. The molecule has 27 heavy (non-hydrogen) atoms. The van der Waals surface area contributed by atoms with Crippen molar-refractivity contribution in [3.8, 4) is 5.75 Å². The van der Waals surface area contributed by atoms with Crippen LogP contribution in [0.25, 0.3) is 0 Å². The SMILES string of the molecule is CC(=O)OCC12COC(c3ccccc3OC(C)=O)C(C(C)=CC1C)C2C. The number of fused-ring (bicyclic) bond motifs is 2. The van der Waals surface area contributed by atoms with Gasteiger partial charge in [0.05, 0.1) is 19.3 Å². The second-order valence-corrected chi connectivity index (χ2v) is 7.89. The molecule has 1 aliphatic heterocycles. The fourth-order valence-corrected chi connectivity index (χ4v) is 4.74. The van der Waals surface area contributed by atoms with Gasteiger partial charge in [0.2, 0.25) is 0 Å². The normalized spacial score (nSPS) is 32.4. The summed E-state index contributed by atoms with van der Waals surface area (Å²) in [7, 11) is 0. The van der Waals surface area contributed by atoms with Gasteiger partial charge in [-0.15, -0.1) is 0 Å². The van der Waals surface area contributed by atoms with Crippen molar-refractivity contribution in [1.82, 2.24) is 0 Å². The molecule has 0 radical (unpaired) electrons. The Labute approximate surface area is 160 Å². The molecule has 1 aromatic carbocycles. The van der Waals surface area contributed by atoms with Crippen molar-refractivity contribution in [2.24, 2.45) is 23.2 Å². The summed E-state index contributed by atoms with van der Waals surface area (Å²) in [5.41, 5.74) is 1.90. The van der Waals surface area contributed by atoms with Crippen molar-refractivity contribution in [2.75, 3.05) is 13.2 Å². The molecule has 1 fully saturated rings. The zero-order valence-corrected chi connectivity index (χ0v) is 16.7. The van der Waals surface area contributed by atoms with Gasteiger partial charge in [-0.2, -0.15) is 0 Å². The molecule has 0 N–H and O–H groups in total. The Balaban J connectivity index is 1.98. The van der Waals surface area contributed by atoms with Crippen LogP contribution in [0, 0.1) is 23.2 Å². The molecule has 2 aliphatic rings. The summed E-state index contributed by atoms with van der Waals surface area (Å²) in [4.78, 5) is 22.9. The van der Waals surface area contributed by atoms with Crippen LogP contribution in [0.3, 0.4) is 0 Å². The fraction of sp³-hybridized carbons (Fsp3) is 0.545. The number of carbonyl (C=O) groups is 2. The number of hydrogen-bond acceptors (Lipinski definition) is 5. The van der Waals surface area contributed by atoms with E-state index in [2.05, 4.69) is 26.8 Å². The number of carbonyl (C=O) groups excluding carboxylic acids is 2. The second kappa shape index (κ2) is 7.47. The molecule has 5 atom stereocenters. The standard InChI is InChI=1S/C22H28O5/c1-13-10-14(2)22(11-25-16(4)23)12-26-21(20(13)15(22)3)18-8-6-7-9-19(18)27-17(5)24/h6-10,14-15,20-21H,11-12H2,1-5H3. The third-order valence-electron chi connectivity index (χ3n) is 6.27. The minimum absolute atomic E-state index is 0.127. The van der Waals surface area contributed by atoms with Crippen LogP contribution in [-0.4, -0.2) is 25.2 Å². The third-order valence-corrected chi connectivity index (χ3v) is 6.27. The Hall–Kier alpha value is -2.14. The summed E-state index contributed by atoms with van der Waals surface area (Å²) >= 11 is 0. The fourth-order valence-electron chi connectivity index (χ4n) is 4.74. The van der Waals surface area contributed by atoms with Gasteiger partial charge >= 0.3 is 11.9 Å². The van der Waals surface area contributed by atoms with Gasteiger partial charge in [-0.1, -0.05) is 43.7 Å². The predicted octanol–water partition coefficient (Wildman–Crippen LogP) is 4.08. The van der Waals surface area contributed by atoms with Crippen LogP contribution in [-0.2, 0) is 19.1 Å². The molecule has 0 aromatic heterocycles. The molecular formula is C22H28O5. The molecule has 1 aromatic rings. The molecule has 3 rings (SSSR count). The summed E-state index contributed by atoms with van der Waals surface area (Å²) in [6.07, 6.45) is 2.07. The van der Waals surface area contributed by atoms with Crippen molar-refractivity contribution < 1.29 is 23.8 Å². The number of allylic oxidation sites excluding steroid dienone is 1. The van der Waals surface area contributed by atoms with Gasteiger partial charge in [0.15, 0.2) is 0 Å². The Kier molecular flexibility index (Phi) is 5.43. The third kappa shape index (κ3) is 3.53. The molecule has 5 heteroatoms. The van der Waals surface area contributed by atoms with E-state index in [1.54, 1.807) is 6.07 Å². The highest BCUT2D eigenvalue weighted by atomic mass is 16.5. The van der Waals surface area contributed by atoms with Gasteiger partial charge in [-0.05, 0) is 24.8 Å². The molecule has 0 spiro atoms. The summed E-state index contributed by atoms with van der Waals surface area (Å²) in [6, 6.07) is 7.54. The average Bonchev–Trinajstić information content (AvgIpc) is 2.59. The number of esters is 2. The maximum absolute atomic E-state index is 11.5. The maximum Gasteiger partial charge on any atom is 0.308 e. The lowest BCUT2D eigenvalue weighted by Crippen LogP contribution is -2.54. The van der Waals surface area contributed by atoms with Crippen LogP contribution in [0.15, 0.2) is 35.9 Å². The van der Waals surface area contributed by atoms with E-state index in [-0.39, 0.29) is 41.2 Å². The molecule has 2 bridgehead atoms. The number of benzene rings is 1. The first-order valence-corrected chi connectivity index (χ1v) is 9.47. The van der Waals surface area contributed by atoms with Crippen molar-refractivity contribution in [2.45, 2.75) is 40.7 Å². The lowest BCUT2D eigenvalue weighted by atomic mass is 9.56. The second-order valence-electron chi connectivity index (χ2n) is 7.89. The van der Waals surface area contributed by atoms with Gasteiger partial charge in [-0.3, -0.25) is 9.59 Å². The van der Waals surface area contributed by atoms with Gasteiger partial charge < -0.3 is 14.2 Å². The molecule has 1 aliphatic carbocycles. The van der Waals surface area contributed by atoms with E-state index in [0.29, 0.717) is 19.0 Å². The molecule has 5 unspecified atom stereocenters. The summed E-state index contributed by atoms with van der Waals surface area (Å²) in [6.45, 7) is 10.2. The smallest absolute Gasteiger partial charge is 0.308 e. The van der Waals surface area contributed by atoms with Gasteiger partial charge in [0.1, 0.15) is 5.75 Å². The van der Waals surface area contributed by atoms with Crippen molar-refractivity contribution in [3.05, 3.63) is 41.5 Å². The molecule has 1 saturated heterocycles. The highest BCUT2D eigenvalue weighted by Crippen LogP contribution is 2.57. The van der Waals surface area contributed by atoms with Gasteiger partial charge in [-0.25, -0.2) is 0 Å². The molecule has 1 heterocycles. The topological polar surface area (TPSA) is 61.8 Å². The number of para-hydroxylation sites is 1. The predicted molar refractivity (Wildman–Crippen MR) is 101 cm³/mol. The lowest BCUT2D eigenvalue weighted by molar-refractivity contribution is -0.180. The van der Waals surface area contributed by atoms with Gasteiger partial charge in [0.25, 0.3) is 0 Å². The van der Waals surface area contributed by atoms with E-state index in [1.807, 2.05) is 18.2 Å². The van der Waals surface area contributed by atoms with Crippen LogP contribution in [0.4, 0.5) is 0 Å². The van der Waals surface area contributed by atoms with Crippen molar-refractivity contribution in [3.63, 3.8) is 0 Å². The summed E-state index contributed by atoms with van der Waals surface area (Å²) in [5, 5.41) is 0. The van der Waals surface area contributed by atoms with Crippen molar-refractivity contribution >= 4 is 11.9 Å². The molecule has 146 valence electrons. The molecular weight excluding hydrogens is 344 g/mol. The zero-order chi connectivity index (χ0) is 19.8. The largest absolute Gasteiger partial charge is 0.465 e. The van der Waals surface area contributed by atoms with E-state index < -0.39 is 0 Å². The van der Waals surface area contributed by atoms with E-state index in [4.69, 9.17) is 14.2 Å². The highest BCUT2D eigenvalue weighted by Gasteiger charge is 2.54. The monoisotopic (exact) mass is 372 g/mol. The average molecular weight is 372 g/mol. The number of rotatable bonds is 4. The van der Waals surface area contributed by atoms with Gasteiger partial charge in [0, 0.05) is 30.7 Å². The van der Waals surface area contributed by atoms with E-state index >= 15 is 0 Å². The van der Waals surface area contributed by atoms with Crippen molar-refractivity contribution in [1.29, 1.82) is 0 Å². The first-order chi connectivity index (χ1) is 12.8. The van der Waals surface area contributed by atoms with Crippen LogP contribution < -0.4 is 4.74 Å². The first kappa shape index (κ1) is 19.6. The lowest BCUT2D eigenvalue weighted by Gasteiger charge is -2.55. The van der Waals surface area contributed by atoms with Crippen LogP contribution in [0.2, 0.25) is 0 Å². The number of ether oxygens (including phenoxy) is 3.